The predicted octanol–water partition coefficient (Wildman–Crippen LogP) is 12.2. The summed E-state index contributed by atoms with van der Waals surface area (Å²) in [6, 6.07) is 3.26. The number of nitrogens with zero attached hydrogens (tertiary/aromatic N) is 1. The number of esters is 3. The molecule has 0 aliphatic rings. The Hall–Kier alpha value is -2.70. The molecule has 0 amide bonds. The highest BCUT2D eigenvalue weighted by molar-refractivity contribution is 5.88. The third-order valence-electron chi connectivity index (χ3n) is 9.15. The summed E-state index contributed by atoms with van der Waals surface area (Å²) in [5, 5.41) is 0. The van der Waals surface area contributed by atoms with E-state index in [0.29, 0.717) is 18.4 Å². The number of pyridine rings is 1. The Morgan fingerprint density at radius 1 is 0.580 bits per heavy atom. The standard InChI is InChI=1S/C43H73NO6/c1-3-5-7-9-11-13-15-17-18-20-21-23-25-27-29-33-41(45)48-37-40(38-49-43(47)39-32-31-35-44-36-39)50-42(46)34-30-28-26-24-22-19-16-14-12-10-8-6-4-2/h17-18,31-32,35-36,40H,3-16,19-30,33-34,37-38H2,1-2H3/b18-17-/t40-/m1/s1. The van der Waals surface area contributed by atoms with Gasteiger partial charge in [-0.3, -0.25) is 14.6 Å². The van der Waals surface area contributed by atoms with Crippen molar-refractivity contribution in [3.63, 3.8) is 0 Å². The Labute approximate surface area is 306 Å². The fourth-order valence-electron chi connectivity index (χ4n) is 5.98. The van der Waals surface area contributed by atoms with E-state index >= 15 is 0 Å². The molecule has 0 bridgehead atoms. The van der Waals surface area contributed by atoms with Crippen LogP contribution in [0.25, 0.3) is 0 Å². The topological polar surface area (TPSA) is 91.8 Å². The van der Waals surface area contributed by atoms with Crippen molar-refractivity contribution in [2.45, 2.75) is 200 Å². The molecule has 0 aliphatic heterocycles. The van der Waals surface area contributed by atoms with Crippen LogP contribution >= 0.6 is 0 Å². The number of hydrogen-bond acceptors (Lipinski definition) is 7. The van der Waals surface area contributed by atoms with Crippen LogP contribution in [0.2, 0.25) is 0 Å². The minimum Gasteiger partial charge on any atom is -0.462 e. The highest BCUT2D eigenvalue weighted by atomic mass is 16.6. The van der Waals surface area contributed by atoms with Crippen molar-refractivity contribution in [3.05, 3.63) is 42.2 Å². The van der Waals surface area contributed by atoms with Gasteiger partial charge in [0.15, 0.2) is 6.10 Å². The molecule has 0 aliphatic carbocycles. The molecule has 1 heterocycles. The minimum absolute atomic E-state index is 0.130. The summed E-state index contributed by atoms with van der Waals surface area (Å²) in [6.07, 6.45) is 39.1. The van der Waals surface area contributed by atoms with Gasteiger partial charge in [0.2, 0.25) is 0 Å². The van der Waals surface area contributed by atoms with Gasteiger partial charge < -0.3 is 14.2 Å². The number of aromatic nitrogens is 1. The summed E-state index contributed by atoms with van der Waals surface area (Å²) < 4.78 is 16.5. The Balaban J connectivity index is 2.23. The fourth-order valence-corrected chi connectivity index (χ4v) is 5.98. The van der Waals surface area contributed by atoms with E-state index in [2.05, 4.69) is 31.0 Å². The second kappa shape index (κ2) is 34.7. The zero-order chi connectivity index (χ0) is 36.2. The third-order valence-corrected chi connectivity index (χ3v) is 9.15. The molecule has 0 saturated heterocycles. The fraction of sp³-hybridized carbons (Fsp3) is 0.767. The highest BCUT2D eigenvalue weighted by Crippen LogP contribution is 2.14. The lowest BCUT2D eigenvalue weighted by Gasteiger charge is -2.18. The molecule has 7 nitrogen and oxygen atoms in total. The zero-order valence-corrected chi connectivity index (χ0v) is 32.2. The second-order valence-electron chi connectivity index (χ2n) is 14.0. The quantitative estimate of drug-likeness (QED) is 0.0301. The molecule has 0 spiro atoms. The van der Waals surface area contributed by atoms with Gasteiger partial charge in [-0.2, -0.15) is 0 Å². The molecule has 1 atom stereocenters. The van der Waals surface area contributed by atoms with Crippen molar-refractivity contribution in [2.75, 3.05) is 13.2 Å². The molecule has 1 aromatic rings. The van der Waals surface area contributed by atoms with Gasteiger partial charge in [-0.15, -0.1) is 0 Å². The number of allylic oxidation sites excluding steroid dienone is 2. The Bertz CT molecular complexity index is 965. The van der Waals surface area contributed by atoms with Crippen molar-refractivity contribution >= 4 is 17.9 Å². The molecule has 50 heavy (non-hydrogen) atoms. The normalized spacial score (nSPS) is 11.9. The van der Waals surface area contributed by atoms with Gasteiger partial charge in [-0.1, -0.05) is 154 Å². The van der Waals surface area contributed by atoms with Gasteiger partial charge in [-0.25, -0.2) is 4.79 Å². The van der Waals surface area contributed by atoms with Crippen molar-refractivity contribution < 1.29 is 28.6 Å². The summed E-state index contributed by atoms with van der Waals surface area (Å²) in [7, 11) is 0. The molecular weight excluding hydrogens is 626 g/mol. The van der Waals surface area contributed by atoms with Crippen LogP contribution in [-0.2, 0) is 23.8 Å². The molecule has 1 rings (SSSR count). The first-order chi connectivity index (χ1) is 24.6. The van der Waals surface area contributed by atoms with Gasteiger partial charge in [-0.05, 0) is 50.7 Å². The number of rotatable bonds is 35. The second-order valence-corrected chi connectivity index (χ2v) is 14.0. The Morgan fingerprint density at radius 3 is 1.50 bits per heavy atom. The molecule has 0 fully saturated rings. The monoisotopic (exact) mass is 700 g/mol. The van der Waals surface area contributed by atoms with E-state index in [9.17, 15) is 14.4 Å². The lowest BCUT2D eigenvalue weighted by atomic mass is 10.0. The summed E-state index contributed by atoms with van der Waals surface area (Å²) in [5.41, 5.74) is 0.311. The Kier molecular flexibility index (Phi) is 31.5. The van der Waals surface area contributed by atoms with Crippen LogP contribution in [0.3, 0.4) is 0 Å². The van der Waals surface area contributed by atoms with Crippen LogP contribution in [0.4, 0.5) is 0 Å². The number of carbonyl (C=O) groups excluding carboxylic acids is 3. The number of carbonyl (C=O) groups is 3. The maximum atomic E-state index is 12.6. The van der Waals surface area contributed by atoms with Gasteiger partial charge in [0.1, 0.15) is 13.2 Å². The van der Waals surface area contributed by atoms with Crippen LogP contribution in [-0.4, -0.2) is 42.2 Å². The average Bonchev–Trinajstić information content (AvgIpc) is 3.13. The van der Waals surface area contributed by atoms with Crippen LogP contribution < -0.4 is 0 Å². The van der Waals surface area contributed by atoms with E-state index in [1.165, 1.54) is 122 Å². The number of unbranched alkanes of at least 4 members (excludes halogenated alkanes) is 23. The number of hydrogen-bond donors (Lipinski definition) is 0. The third kappa shape index (κ3) is 29.1. The maximum absolute atomic E-state index is 12.6. The molecule has 1 aromatic heterocycles. The van der Waals surface area contributed by atoms with Gasteiger partial charge in [0, 0.05) is 25.2 Å². The first-order valence-electron chi connectivity index (χ1n) is 20.6. The van der Waals surface area contributed by atoms with Crippen LogP contribution in [0.15, 0.2) is 36.7 Å². The smallest absolute Gasteiger partial charge is 0.339 e. The lowest BCUT2D eigenvalue weighted by molar-refractivity contribution is -0.161. The van der Waals surface area contributed by atoms with Crippen molar-refractivity contribution in [1.82, 2.24) is 4.98 Å². The molecule has 0 aromatic carbocycles. The largest absolute Gasteiger partial charge is 0.462 e. The first-order valence-corrected chi connectivity index (χ1v) is 20.6. The van der Waals surface area contributed by atoms with Crippen molar-refractivity contribution in [3.8, 4) is 0 Å². The van der Waals surface area contributed by atoms with E-state index < -0.39 is 12.1 Å². The molecule has 0 N–H and O–H groups in total. The van der Waals surface area contributed by atoms with E-state index in [0.717, 1.165) is 51.4 Å². The van der Waals surface area contributed by atoms with Crippen LogP contribution in [0.5, 0.6) is 0 Å². The van der Waals surface area contributed by atoms with E-state index in [1.54, 1.807) is 18.3 Å². The van der Waals surface area contributed by atoms with Crippen LogP contribution in [0, 0.1) is 0 Å². The zero-order valence-electron chi connectivity index (χ0n) is 32.2. The minimum atomic E-state index is -0.844. The highest BCUT2D eigenvalue weighted by Gasteiger charge is 2.20. The van der Waals surface area contributed by atoms with Gasteiger partial charge >= 0.3 is 17.9 Å². The van der Waals surface area contributed by atoms with Crippen molar-refractivity contribution in [1.29, 1.82) is 0 Å². The maximum Gasteiger partial charge on any atom is 0.339 e. The van der Waals surface area contributed by atoms with Gasteiger partial charge in [0.25, 0.3) is 0 Å². The molecule has 7 heteroatoms. The summed E-state index contributed by atoms with van der Waals surface area (Å²) >= 11 is 0. The summed E-state index contributed by atoms with van der Waals surface area (Å²) in [4.78, 5) is 41.5. The molecule has 0 unspecified atom stereocenters. The molecular formula is C43H73NO6. The number of ether oxygens (including phenoxy) is 3. The predicted molar refractivity (Wildman–Crippen MR) is 205 cm³/mol. The summed E-state index contributed by atoms with van der Waals surface area (Å²) in [6.45, 7) is 4.20. The summed E-state index contributed by atoms with van der Waals surface area (Å²) in [5.74, 6) is -1.24. The van der Waals surface area contributed by atoms with Crippen molar-refractivity contribution in [2.24, 2.45) is 0 Å². The average molecular weight is 700 g/mol. The lowest BCUT2D eigenvalue weighted by Crippen LogP contribution is -2.31. The SMILES string of the molecule is CCCCCCCC/C=C\CCCCCCCC(=O)OC[C@H](COC(=O)c1cccnc1)OC(=O)CCCCCCCCCCCCCCC. The van der Waals surface area contributed by atoms with E-state index in [1.807, 2.05) is 0 Å². The van der Waals surface area contributed by atoms with E-state index in [-0.39, 0.29) is 25.2 Å². The molecule has 0 radical (unpaired) electrons. The Morgan fingerprint density at radius 2 is 1.02 bits per heavy atom. The molecule has 286 valence electrons. The first kappa shape index (κ1) is 45.3. The van der Waals surface area contributed by atoms with Gasteiger partial charge in [0.05, 0.1) is 5.56 Å². The van der Waals surface area contributed by atoms with Crippen LogP contribution in [0.1, 0.15) is 204 Å². The molecule has 0 saturated carbocycles. The van der Waals surface area contributed by atoms with E-state index in [4.69, 9.17) is 14.2 Å².